The molecular formula is C11H26NO7+. The summed E-state index contributed by atoms with van der Waals surface area (Å²) >= 11 is 0. The molecule has 0 heterocycles. The minimum Gasteiger partial charge on any atom is -0.391 e. The van der Waals surface area contributed by atoms with Crippen LogP contribution in [0.25, 0.3) is 0 Å². The minimum atomic E-state index is -1.64. The van der Waals surface area contributed by atoms with E-state index in [0.29, 0.717) is 0 Å². The number of aliphatic hydroxyl groups is 7. The molecule has 0 unspecified atom stereocenters. The molecule has 8 nitrogen and oxygen atoms in total. The first-order chi connectivity index (χ1) is 8.52. The maximum absolute atomic E-state index is 8.97. The summed E-state index contributed by atoms with van der Waals surface area (Å²) in [6.07, 6.45) is -9.84. The summed E-state index contributed by atoms with van der Waals surface area (Å²) in [4.78, 5) is 0. The second kappa shape index (κ2) is 7.46. The van der Waals surface area contributed by atoms with Crippen LogP contribution in [0.15, 0.2) is 0 Å². The highest BCUT2D eigenvalue weighted by atomic mass is 16.4. The van der Waals surface area contributed by atoms with Gasteiger partial charge in [-0.1, -0.05) is 0 Å². The van der Waals surface area contributed by atoms with Gasteiger partial charge in [0.25, 0.3) is 0 Å². The quantitative estimate of drug-likeness (QED) is 0.255. The fourth-order valence-corrected chi connectivity index (χ4v) is 1.51. The van der Waals surface area contributed by atoms with E-state index in [0.717, 1.165) is 11.0 Å². The Morgan fingerprint density at radius 3 is 0.895 bits per heavy atom. The van der Waals surface area contributed by atoms with E-state index in [2.05, 4.69) is 21.1 Å². The third kappa shape index (κ3) is 5.67. The van der Waals surface area contributed by atoms with Gasteiger partial charge in [0, 0.05) is 0 Å². The monoisotopic (exact) mass is 284 g/mol. The molecule has 0 amide bonds. The lowest BCUT2D eigenvalue weighted by molar-refractivity contribution is -0.870. The molecule has 0 aromatic carbocycles. The Bertz CT molecular complexity index is 199. The first kappa shape index (κ1) is 18.7. The Labute approximate surface area is 112 Å². The highest BCUT2D eigenvalue weighted by molar-refractivity contribution is 4.98. The van der Waals surface area contributed by atoms with E-state index in [1.807, 2.05) is 0 Å². The molecule has 0 spiro atoms. The van der Waals surface area contributed by atoms with Gasteiger partial charge in [-0.2, -0.15) is 0 Å². The van der Waals surface area contributed by atoms with Gasteiger partial charge in [0.15, 0.2) is 0 Å². The fourth-order valence-electron chi connectivity index (χ4n) is 1.51. The lowest BCUT2D eigenvalue weighted by Gasteiger charge is -2.39. The van der Waals surface area contributed by atoms with Crippen molar-refractivity contribution in [3.63, 3.8) is 0 Å². The zero-order chi connectivity index (χ0) is 15.4. The molecule has 0 aromatic rings. The zero-order valence-corrected chi connectivity index (χ0v) is 11.5. The number of hydrogen-bond donors (Lipinski definition) is 7. The Morgan fingerprint density at radius 1 is 0.632 bits per heavy atom. The van der Waals surface area contributed by atoms with Crippen molar-refractivity contribution in [2.45, 2.75) is 36.6 Å². The lowest BCUT2D eigenvalue weighted by atomic mass is 9.85. The largest absolute Gasteiger partial charge is 0.391 e. The van der Waals surface area contributed by atoms with E-state index in [4.69, 9.17) is 35.7 Å². The number of rotatable bonds is 2. The Hall–Kier alpha value is -0.320. The van der Waals surface area contributed by atoms with E-state index < -0.39 is 36.6 Å². The highest BCUT2D eigenvalue weighted by Crippen LogP contribution is 2.20. The second-order valence-corrected chi connectivity index (χ2v) is 5.68. The van der Waals surface area contributed by atoms with Gasteiger partial charge in [-0.3, -0.25) is 0 Å². The van der Waals surface area contributed by atoms with Crippen molar-refractivity contribution in [2.75, 3.05) is 34.3 Å². The number of quaternary nitrogens is 1. The van der Waals surface area contributed by atoms with Crippen LogP contribution in [-0.4, -0.2) is 111 Å². The van der Waals surface area contributed by atoms with Crippen molar-refractivity contribution in [1.82, 2.24) is 0 Å². The maximum atomic E-state index is 8.97. The van der Waals surface area contributed by atoms with Gasteiger partial charge in [0.2, 0.25) is 0 Å². The van der Waals surface area contributed by atoms with E-state index in [9.17, 15) is 0 Å². The van der Waals surface area contributed by atoms with Crippen molar-refractivity contribution in [3.05, 3.63) is 0 Å². The number of likely N-dealkylation sites (N-methyl/N-ethyl adjacent to an activating group) is 1. The topological polar surface area (TPSA) is 142 Å². The van der Waals surface area contributed by atoms with Gasteiger partial charge >= 0.3 is 0 Å². The molecule has 7 N–H and O–H groups in total. The van der Waals surface area contributed by atoms with E-state index >= 15 is 0 Å². The maximum Gasteiger partial charge on any atom is 0.111 e. The van der Waals surface area contributed by atoms with Crippen molar-refractivity contribution in [3.8, 4) is 0 Å². The summed E-state index contributed by atoms with van der Waals surface area (Å²) in [6, 6.07) is 0. The lowest BCUT2D eigenvalue weighted by Crippen LogP contribution is -2.63. The number of aliphatic hydroxyl groups excluding tert-OH is 7. The average molecular weight is 284 g/mol. The van der Waals surface area contributed by atoms with Crippen LogP contribution in [0, 0.1) is 0 Å². The first-order valence-electron chi connectivity index (χ1n) is 6.02. The van der Waals surface area contributed by atoms with Gasteiger partial charge in [-0.05, 0) is 0 Å². The van der Waals surface area contributed by atoms with Gasteiger partial charge in [-0.15, -0.1) is 0 Å². The Balaban J connectivity index is 0.000000399. The molecule has 8 heteroatoms. The Morgan fingerprint density at radius 2 is 0.842 bits per heavy atom. The highest BCUT2D eigenvalue weighted by Gasteiger charge is 2.47. The predicted molar refractivity (Wildman–Crippen MR) is 66.0 cm³/mol. The molecule has 1 aliphatic rings. The summed E-state index contributed by atoms with van der Waals surface area (Å²) in [7, 11) is 6.16. The van der Waals surface area contributed by atoms with Gasteiger partial charge in [-0.25, -0.2) is 0 Å². The van der Waals surface area contributed by atoms with Gasteiger partial charge < -0.3 is 40.2 Å². The molecule has 1 saturated carbocycles. The summed E-state index contributed by atoms with van der Waals surface area (Å²) < 4.78 is 0.844. The van der Waals surface area contributed by atoms with Crippen molar-refractivity contribution < 1.29 is 40.2 Å². The summed E-state index contributed by atoms with van der Waals surface area (Å²) in [5.74, 6) is 0. The molecule has 0 aromatic heterocycles. The molecule has 116 valence electrons. The first-order valence-corrected chi connectivity index (χ1v) is 6.02. The molecule has 0 saturated heterocycles. The summed E-state index contributed by atoms with van der Waals surface area (Å²) in [6.45, 7) is 1.11. The molecular weight excluding hydrogens is 258 g/mol. The third-order valence-electron chi connectivity index (χ3n) is 2.87. The zero-order valence-electron chi connectivity index (χ0n) is 11.5. The summed E-state index contributed by atoms with van der Waals surface area (Å²) in [5.41, 5.74) is 0. The number of nitrogens with zero attached hydrogens (tertiary/aromatic N) is 1. The van der Waals surface area contributed by atoms with Crippen molar-refractivity contribution in [1.29, 1.82) is 0 Å². The van der Waals surface area contributed by atoms with Gasteiger partial charge in [0.05, 0.1) is 27.7 Å². The van der Waals surface area contributed by atoms with Crippen LogP contribution in [-0.2, 0) is 0 Å². The Kier molecular flexibility index (Phi) is 7.33. The third-order valence-corrected chi connectivity index (χ3v) is 2.87. The van der Waals surface area contributed by atoms with Crippen LogP contribution in [0.1, 0.15) is 0 Å². The molecule has 1 rings (SSSR count). The second-order valence-electron chi connectivity index (χ2n) is 5.68. The van der Waals surface area contributed by atoms with Crippen LogP contribution in [0.3, 0.4) is 0 Å². The number of hydrogen-bond acceptors (Lipinski definition) is 7. The normalized spacial score (nSPS) is 39.5. The van der Waals surface area contributed by atoms with E-state index in [-0.39, 0.29) is 6.61 Å². The van der Waals surface area contributed by atoms with E-state index in [1.54, 1.807) is 0 Å². The standard InChI is InChI=1S/C6H12O6.C5H14NO/c7-1-2(8)4(10)6(12)5(11)3(1)9;1-6(2,3)4-5-7/h1-12H;7H,4-5H2,1-3H3/q;+1/t1-,2-,3-,4+,5-,6-;. The molecule has 0 radical (unpaired) electrons. The average Bonchev–Trinajstić information content (AvgIpc) is 2.31. The van der Waals surface area contributed by atoms with Crippen molar-refractivity contribution in [2.24, 2.45) is 0 Å². The van der Waals surface area contributed by atoms with Crippen LogP contribution in [0.4, 0.5) is 0 Å². The van der Waals surface area contributed by atoms with Crippen LogP contribution in [0.2, 0.25) is 0 Å². The molecule has 1 fully saturated rings. The molecule has 0 aliphatic heterocycles. The predicted octanol–water partition coefficient (Wildman–Crippen LogP) is -4.15. The van der Waals surface area contributed by atoms with Crippen molar-refractivity contribution >= 4 is 0 Å². The van der Waals surface area contributed by atoms with E-state index in [1.165, 1.54) is 0 Å². The molecule has 0 bridgehead atoms. The SMILES string of the molecule is C[N+](C)(C)CCO.O[C@H]1[C@H](O)[C@@H](O)[C@H](O)[C@@H](O)[C@H]1O. The summed E-state index contributed by atoms with van der Waals surface area (Å²) in [5, 5.41) is 62.2. The molecule has 1 aliphatic carbocycles. The van der Waals surface area contributed by atoms with Crippen LogP contribution >= 0.6 is 0 Å². The minimum absolute atomic E-state index is 0.281. The van der Waals surface area contributed by atoms with Crippen LogP contribution in [0.5, 0.6) is 0 Å². The van der Waals surface area contributed by atoms with Gasteiger partial charge in [0.1, 0.15) is 43.2 Å². The molecule has 19 heavy (non-hydrogen) atoms. The van der Waals surface area contributed by atoms with Crippen LogP contribution < -0.4 is 0 Å². The molecule has 0 atom stereocenters. The fraction of sp³-hybridized carbons (Fsp3) is 1.00. The smallest absolute Gasteiger partial charge is 0.111 e.